The Morgan fingerprint density at radius 2 is 2.36 bits per heavy atom. The molecule has 0 spiro atoms. The van der Waals surface area contributed by atoms with Crippen LogP contribution in [0.2, 0.25) is 0 Å². The van der Waals surface area contributed by atoms with Crippen LogP contribution in [0.5, 0.6) is 0 Å². The summed E-state index contributed by atoms with van der Waals surface area (Å²) in [5, 5.41) is 8.67. The fourth-order valence-electron chi connectivity index (χ4n) is 1.21. The number of pyridine rings is 1. The van der Waals surface area contributed by atoms with Crippen molar-refractivity contribution in [3.05, 3.63) is 18.5 Å². The van der Waals surface area contributed by atoms with Gasteiger partial charge in [0.05, 0.1) is 29.6 Å². The first-order valence-electron chi connectivity index (χ1n) is 4.44. The molecule has 0 amide bonds. The molecule has 0 bridgehead atoms. The summed E-state index contributed by atoms with van der Waals surface area (Å²) in [5.74, 6) is 0.00132. The SMILES string of the molecule is CC(C#N)CN(C)c1cncc(N)c1. The molecule has 0 radical (unpaired) electrons. The lowest BCUT2D eigenvalue weighted by Crippen LogP contribution is -2.23. The van der Waals surface area contributed by atoms with Crippen LogP contribution in [-0.4, -0.2) is 18.6 Å². The van der Waals surface area contributed by atoms with E-state index in [1.54, 1.807) is 12.4 Å². The van der Waals surface area contributed by atoms with E-state index in [1.807, 2.05) is 24.9 Å². The molecule has 0 saturated carbocycles. The average Bonchev–Trinajstić information content (AvgIpc) is 2.17. The topological polar surface area (TPSA) is 65.9 Å². The monoisotopic (exact) mass is 190 g/mol. The van der Waals surface area contributed by atoms with Gasteiger partial charge >= 0.3 is 0 Å². The Bertz CT molecular complexity index is 342. The van der Waals surface area contributed by atoms with Crippen LogP contribution in [0.15, 0.2) is 18.5 Å². The van der Waals surface area contributed by atoms with Gasteiger partial charge in [-0.2, -0.15) is 5.26 Å². The van der Waals surface area contributed by atoms with Crippen LogP contribution in [0.4, 0.5) is 11.4 Å². The van der Waals surface area contributed by atoms with Crippen molar-refractivity contribution >= 4 is 11.4 Å². The van der Waals surface area contributed by atoms with Crippen molar-refractivity contribution < 1.29 is 0 Å². The Morgan fingerprint density at radius 3 is 2.93 bits per heavy atom. The van der Waals surface area contributed by atoms with Crippen LogP contribution >= 0.6 is 0 Å². The Labute approximate surface area is 84.0 Å². The van der Waals surface area contributed by atoms with E-state index in [-0.39, 0.29) is 5.92 Å². The van der Waals surface area contributed by atoms with Gasteiger partial charge in [-0.25, -0.2) is 0 Å². The second-order valence-corrected chi connectivity index (χ2v) is 3.39. The highest BCUT2D eigenvalue weighted by atomic mass is 15.1. The third kappa shape index (κ3) is 2.63. The third-order valence-corrected chi connectivity index (χ3v) is 1.95. The van der Waals surface area contributed by atoms with Crippen LogP contribution < -0.4 is 10.6 Å². The van der Waals surface area contributed by atoms with Crippen LogP contribution in [0, 0.1) is 17.2 Å². The Balaban J connectivity index is 2.70. The molecule has 1 heterocycles. The molecule has 4 heteroatoms. The van der Waals surface area contributed by atoms with E-state index in [1.165, 1.54) is 0 Å². The van der Waals surface area contributed by atoms with Gasteiger partial charge in [0.1, 0.15) is 0 Å². The summed E-state index contributed by atoms with van der Waals surface area (Å²) in [6, 6.07) is 4.03. The first-order chi connectivity index (χ1) is 6.63. The van der Waals surface area contributed by atoms with Crippen LogP contribution in [0.1, 0.15) is 6.92 Å². The summed E-state index contributed by atoms with van der Waals surface area (Å²) in [6.45, 7) is 2.57. The Kier molecular flexibility index (Phi) is 3.29. The van der Waals surface area contributed by atoms with E-state index in [2.05, 4.69) is 11.1 Å². The van der Waals surface area contributed by atoms with Crippen molar-refractivity contribution in [2.75, 3.05) is 24.2 Å². The number of hydrogen-bond acceptors (Lipinski definition) is 4. The van der Waals surface area contributed by atoms with E-state index in [0.29, 0.717) is 12.2 Å². The fourth-order valence-corrected chi connectivity index (χ4v) is 1.21. The summed E-state index contributed by atoms with van der Waals surface area (Å²) < 4.78 is 0. The standard InChI is InChI=1S/C10H14N4/c1-8(4-11)7-14(2)10-3-9(12)5-13-6-10/h3,5-6,8H,7,12H2,1-2H3. The number of nitrogen functional groups attached to an aromatic ring is 1. The van der Waals surface area contributed by atoms with Gasteiger partial charge in [0.15, 0.2) is 0 Å². The van der Waals surface area contributed by atoms with E-state index >= 15 is 0 Å². The zero-order valence-corrected chi connectivity index (χ0v) is 8.44. The maximum Gasteiger partial charge on any atom is 0.0671 e. The van der Waals surface area contributed by atoms with Gasteiger partial charge in [-0.05, 0) is 13.0 Å². The summed E-state index contributed by atoms with van der Waals surface area (Å²) in [4.78, 5) is 5.96. The van der Waals surface area contributed by atoms with Crippen LogP contribution in [-0.2, 0) is 0 Å². The molecule has 1 aromatic rings. The zero-order chi connectivity index (χ0) is 10.6. The lowest BCUT2D eigenvalue weighted by Gasteiger charge is -2.19. The minimum Gasteiger partial charge on any atom is -0.397 e. The zero-order valence-electron chi connectivity index (χ0n) is 8.44. The Hall–Kier alpha value is -1.76. The second kappa shape index (κ2) is 4.47. The lowest BCUT2D eigenvalue weighted by molar-refractivity contribution is 0.715. The molecule has 4 nitrogen and oxygen atoms in total. The van der Waals surface area contributed by atoms with Gasteiger partial charge in [-0.3, -0.25) is 4.98 Å². The molecule has 0 aromatic carbocycles. The summed E-state index contributed by atoms with van der Waals surface area (Å²) in [5.41, 5.74) is 7.18. The van der Waals surface area contributed by atoms with Crippen molar-refractivity contribution in [1.82, 2.24) is 4.98 Å². The number of nitrogens with two attached hydrogens (primary N) is 1. The molecule has 1 aromatic heterocycles. The molecular formula is C10H14N4. The molecule has 0 saturated heterocycles. The maximum absolute atomic E-state index is 8.67. The molecule has 2 N–H and O–H groups in total. The minimum atomic E-state index is 0.00132. The van der Waals surface area contributed by atoms with Gasteiger partial charge in [0, 0.05) is 19.8 Å². The van der Waals surface area contributed by atoms with Crippen LogP contribution in [0.3, 0.4) is 0 Å². The fraction of sp³-hybridized carbons (Fsp3) is 0.400. The first-order valence-corrected chi connectivity index (χ1v) is 4.44. The van der Waals surface area contributed by atoms with Gasteiger partial charge in [0.25, 0.3) is 0 Å². The molecule has 1 rings (SSSR count). The second-order valence-electron chi connectivity index (χ2n) is 3.39. The highest BCUT2D eigenvalue weighted by molar-refractivity contribution is 5.52. The summed E-state index contributed by atoms with van der Waals surface area (Å²) >= 11 is 0. The highest BCUT2D eigenvalue weighted by Gasteiger charge is 2.06. The maximum atomic E-state index is 8.67. The minimum absolute atomic E-state index is 0.00132. The number of aromatic nitrogens is 1. The Morgan fingerprint density at radius 1 is 1.64 bits per heavy atom. The largest absolute Gasteiger partial charge is 0.397 e. The molecule has 74 valence electrons. The van der Waals surface area contributed by atoms with Gasteiger partial charge < -0.3 is 10.6 Å². The van der Waals surface area contributed by atoms with Crippen molar-refractivity contribution in [1.29, 1.82) is 5.26 Å². The molecule has 1 atom stereocenters. The number of anilines is 2. The van der Waals surface area contributed by atoms with Crippen LogP contribution in [0.25, 0.3) is 0 Å². The average molecular weight is 190 g/mol. The highest BCUT2D eigenvalue weighted by Crippen LogP contribution is 2.14. The van der Waals surface area contributed by atoms with Gasteiger partial charge in [0.2, 0.25) is 0 Å². The first kappa shape index (κ1) is 10.3. The van der Waals surface area contributed by atoms with Gasteiger partial charge in [-0.15, -0.1) is 0 Å². The lowest BCUT2D eigenvalue weighted by atomic mass is 10.2. The molecule has 14 heavy (non-hydrogen) atoms. The number of rotatable bonds is 3. The number of nitriles is 1. The quantitative estimate of drug-likeness (QED) is 0.779. The molecule has 0 fully saturated rings. The van der Waals surface area contributed by atoms with E-state index in [0.717, 1.165) is 5.69 Å². The predicted octanol–water partition coefficient (Wildman–Crippen LogP) is 1.26. The van der Waals surface area contributed by atoms with Crippen molar-refractivity contribution in [2.24, 2.45) is 5.92 Å². The van der Waals surface area contributed by atoms with E-state index in [4.69, 9.17) is 11.0 Å². The molecule has 0 aliphatic heterocycles. The number of hydrogen-bond donors (Lipinski definition) is 1. The van der Waals surface area contributed by atoms with E-state index < -0.39 is 0 Å². The van der Waals surface area contributed by atoms with Crippen molar-refractivity contribution in [3.63, 3.8) is 0 Å². The van der Waals surface area contributed by atoms with E-state index in [9.17, 15) is 0 Å². The molecule has 0 aliphatic rings. The molecular weight excluding hydrogens is 176 g/mol. The molecule has 1 unspecified atom stereocenters. The van der Waals surface area contributed by atoms with Crippen molar-refractivity contribution in [3.8, 4) is 6.07 Å². The normalized spacial score (nSPS) is 11.8. The smallest absolute Gasteiger partial charge is 0.0671 e. The third-order valence-electron chi connectivity index (χ3n) is 1.95. The molecule has 0 aliphatic carbocycles. The summed E-state index contributed by atoms with van der Waals surface area (Å²) in [6.07, 6.45) is 3.34. The van der Waals surface area contributed by atoms with Gasteiger partial charge in [-0.1, -0.05) is 0 Å². The summed E-state index contributed by atoms with van der Waals surface area (Å²) in [7, 11) is 1.92. The van der Waals surface area contributed by atoms with Crippen molar-refractivity contribution in [2.45, 2.75) is 6.92 Å². The number of nitrogens with zero attached hydrogens (tertiary/aromatic N) is 3. The predicted molar refractivity (Wildman–Crippen MR) is 56.7 cm³/mol.